The molecule has 4 heteroatoms. The van der Waals surface area contributed by atoms with Crippen molar-refractivity contribution in [3.8, 4) is 0 Å². The number of aliphatic hydroxyl groups is 1. The van der Waals surface area contributed by atoms with Crippen molar-refractivity contribution in [1.82, 2.24) is 5.32 Å². The molecule has 84 valence electrons. The van der Waals surface area contributed by atoms with Crippen molar-refractivity contribution in [3.63, 3.8) is 0 Å². The van der Waals surface area contributed by atoms with Gasteiger partial charge >= 0.3 is 5.97 Å². The Morgan fingerprint density at radius 3 is 2.50 bits per heavy atom. The average Bonchev–Trinajstić information content (AvgIpc) is 2.13. The SMILES string of the molecule is CN[C@H](C(=O)OCCCCO)C(C)C. The minimum absolute atomic E-state index is 0.150. The predicted octanol–water partition coefficient (Wildman–Crippen LogP) is 0.546. The van der Waals surface area contributed by atoms with E-state index in [1.165, 1.54) is 0 Å². The molecule has 0 fully saturated rings. The Bertz CT molecular complexity index is 159. The third-order valence-electron chi connectivity index (χ3n) is 2.03. The van der Waals surface area contributed by atoms with E-state index in [4.69, 9.17) is 9.84 Å². The molecular weight excluding hydrogens is 182 g/mol. The van der Waals surface area contributed by atoms with Crippen molar-refractivity contribution >= 4 is 5.97 Å². The summed E-state index contributed by atoms with van der Waals surface area (Å²) in [5.41, 5.74) is 0. The maximum absolute atomic E-state index is 11.4. The van der Waals surface area contributed by atoms with Gasteiger partial charge in [-0.3, -0.25) is 4.79 Å². The summed E-state index contributed by atoms with van der Waals surface area (Å²) in [6.45, 7) is 4.48. The molecule has 0 aromatic heterocycles. The number of carbonyl (C=O) groups excluding carboxylic acids is 1. The Kier molecular flexibility index (Phi) is 7.42. The lowest BCUT2D eigenvalue weighted by Gasteiger charge is -2.18. The highest BCUT2D eigenvalue weighted by molar-refractivity contribution is 5.76. The lowest BCUT2D eigenvalue weighted by Crippen LogP contribution is -2.40. The highest BCUT2D eigenvalue weighted by atomic mass is 16.5. The minimum Gasteiger partial charge on any atom is -0.465 e. The van der Waals surface area contributed by atoms with Gasteiger partial charge in [0.1, 0.15) is 6.04 Å². The summed E-state index contributed by atoms with van der Waals surface area (Å²) in [4.78, 5) is 11.4. The molecule has 0 aliphatic carbocycles. The van der Waals surface area contributed by atoms with Crippen molar-refractivity contribution < 1.29 is 14.6 Å². The fraction of sp³-hybridized carbons (Fsp3) is 0.900. The number of hydrogen-bond donors (Lipinski definition) is 2. The van der Waals surface area contributed by atoms with Gasteiger partial charge in [0, 0.05) is 6.61 Å². The number of rotatable bonds is 7. The first-order valence-corrected chi connectivity index (χ1v) is 5.08. The van der Waals surface area contributed by atoms with Gasteiger partial charge in [-0.25, -0.2) is 0 Å². The third kappa shape index (κ3) is 5.19. The zero-order valence-electron chi connectivity index (χ0n) is 9.25. The van der Waals surface area contributed by atoms with Gasteiger partial charge < -0.3 is 15.2 Å². The predicted molar refractivity (Wildman–Crippen MR) is 55.0 cm³/mol. The van der Waals surface area contributed by atoms with Crippen molar-refractivity contribution in [2.75, 3.05) is 20.3 Å². The first kappa shape index (κ1) is 13.4. The summed E-state index contributed by atoms with van der Waals surface area (Å²) in [6.07, 6.45) is 1.40. The van der Waals surface area contributed by atoms with E-state index in [1.54, 1.807) is 7.05 Å². The number of ether oxygens (including phenoxy) is 1. The molecule has 0 aliphatic rings. The molecule has 0 aromatic rings. The zero-order chi connectivity index (χ0) is 11.0. The van der Waals surface area contributed by atoms with Crippen LogP contribution in [0, 0.1) is 5.92 Å². The van der Waals surface area contributed by atoms with Crippen molar-refractivity contribution in [3.05, 3.63) is 0 Å². The Morgan fingerprint density at radius 2 is 2.07 bits per heavy atom. The zero-order valence-corrected chi connectivity index (χ0v) is 9.25. The second-order valence-electron chi connectivity index (χ2n) is 3.61. The van der Waals surface area contributed by atoms with Crippen molar-refractivity contribution in [1.29, 1.82) is 0 Å². The van der Waals surface area contributed by atoms with Crippen LogP contribution in [0.25, 0.3) is 0 Å². The van der Waals surface area contributed by atoms with E-state index in [1.807, 2.05) is 13.8 Å². The van der Waals surface area contributed by atoms with E-state index < -0.39 is 0 Å². The van der Waals surface area contributed by atoms with Crippen LogP contribution >= 0.6 is 0 Å². The quantitative estimate of drug-likeness (QED) is 0.468. The van der Waals surface area contributed by atoms with Crippen molar-refractivity contribution in [2.24, 2.45) is 5.92 Å². The first-order valence-electron chi connectivity index (χ1n) is 5.08. The summed E-state index contributed by atoms with van der Waals surface area (Å²) in [6, 6.07) is -0.232. The molecule has 0 saturated heterocycles. The summed E-state index contributed by atoms with van der Waals surface area (Å²) < 4.78 is 5.05. The van der Waals surface area contributed by atoms with Gasteiger partial charge in [0.15, 0.2) is 0 Å². The number of esters is 1. The highest BCUT2D eigenvalue weighted by Gasteiger charge is 2.20. The second-order valence-corrected chi connectivity index (χ2v) is 3.61. The number of carbonyl (C=O) groups is 1. The van der Waals surface area contributed by atoms with E-state index in [9.17, 15) is 4.79 Å². The molecule has 0 amide bonds. The van der Waals surface area contributed by atoms with Crippen LogP contribution in [0.15, 0.2) is 0 Å². The Labute approximate surface area is 85.6 Å². The minimum atomic E-state index is -0.232. The van der Waals surface area contributed by atoms with Crippen molar-refractivity contribution in [2.45, 2.75) is 32.7 Å². The molecule has 1 atom stereocenters. The van der Waals surface area contributed by atoms with Gasteiger partial charge in [-0.15, -0.1) is 0 Å². The van der Waals surface area contributed by atoms with Crippen LogP contribution in [0.2, 0.25) is 0 Å². The van der Waals surface area contributed by atoms with Crippen LogP contribution in [-0.2, 0) is 9.53 Å². The number of nitrogens with one attached hydrogen (secondary N) is 1. The Balaban J connectivity index is 3.70. The van der Waals surface area contributed by atoms with Gasteiger partial charge in [-0.05, 0) is 25.8 Å². The molecule has 0 radical (unpaired) electrons. The number of hydrogen-bond acceptors (Lipinski definition) is 4. The van der Waals surface area contributed by atoms with Gasteiger partial charge in [-0.1, -0.05) is 13.8 Å². The fourth-order valence-electron chi connectivity index (χ4n) is 1.20. The van der Waals surface area contributed by atoms with Crippen LogP contribution in [0.4, 0.5) is 0 Å². The molecule has 0 aliphatic heterocycles. The van der Waals surface area contributed by atoms with E-state index in [-0.39, 0.29) is 24.5 Å². The molecule has 0 aromatic carbocycles. The lowest BCUT2D eigenvalue weighted by atomic mass is 10.1. The van der Waals surface area contributed by atoms with Gasteiger partial charge in [0.25, 0.3) is 0 Å². The molecule has 0 saturated carbocycles. The molecule has 4 nitrogen and oxygen atoms in total. The summed E-state index contributed by atoms with van der Waals surface area (Å²) >= 11 is 0. The molecule has 0 heterocycles. The first-order chi connectivity index (χ1) is 6.63. The van der Waals surface area contributed by atoms with Gasteiger partial charge in [0.05, 0.1) is 6.61 Å². The van der Waals surface area contributed by atoms with Crippen LogP contribution in [0.3, 0.4) is 0 Å². The number of aliphatic hydroxyl groups excluding tert-OH is 1. The summed E-state index contributed by atoms with van der Waals surface area (Å²) in [5.74, 6) is 0.0192. The van der Waals surface area contributed by atoms with Gasteiger partial charge in [-0.2, -0.15) is 0 Å². The standard InChI is InChI=1S/C10H21NO3/c1-8(2)9(11-3)10(13)14-7-5-4-6-12/h8-9,11-12H,4-7H2,1-3H3/t9-/m0/s1. The molecule has 0 spiro atoms. The van der Waals surface area contributed by atoms with Crippen LogP contribution in [-0.4, -0.2) is 37.4 Å². The molecule has 0 bridgehead atoms. The van der Waals surface area contributed by atoms with Gasteiger partial charge in [0.2, 0.25) is 0 Å². The fourth-order valence-corrected chi connectivity index (χ4v) is 1.20. The average molecular weight is 203 g/mol. The maximum atomic E-state index is 11.4. The normalized spacial score (nSPS) is 12.9. The monoisotopic (exact) mass is 203 g/mol. The number of likely N-dealkylation sites (N-methyl/N-ethyl adjacent to an activating group) is 1. The third-order valence-corrected chi connectivity index (χ3v) is 2.03. The molecule has 2 N–H and O–H groups in total. The Hall–Kier alpha value is -0.610. The maximum Gasteiger partial charge on any atom is 0.323 e. The summed E-state index contributed by atoms with van der Waals surface area (Å²) in [5, 5.41) is 11.4. The second kappa shape index (κ2) is 7.76. The molecule has 0 unspecified atom stereocenters. The topological polar surface area (TPSA) is 58.6 Å². The number of unbranched alkanes of at least 4 members (excludes halogenated alkanes) is 1. The van der Waals surface area contributed by atoms with Crippen LogP contribution < -0.4 is 5.32 Å². The molecule has 14 heavy (non-hydrogen) atoms. The lowest BCUT2D eigenvalue weighted by molar-refractivity contribution is -0.147. The molecular formula is C10H21NO3. The van der Waals surface area contributed by atoms with E-state index in [0.717, 1.165) is 6.42 Å². The largest absolute Gasteiger partial charge is 0.465 e. The Morgan fingerprint density at radius 1 is 1.43 bits per heavy atom. The van der Waals surface area contributed by atoms with E-state index in [0.29, 0.717) is 13.0 Å². The van der Waals surface area contributed by atoms with E-state index >= 15 is 0 Å². The van der Waals surface area contributed by atoms with Crippen LogP contribution in [0.1, 0.15) is 26.7 Å². The smallest absolute Gasteiger partial charge is 0.323 e. The van der Waals surface area contributed by atoms with Crippen LogP contribution in [0.5, 0.6) is 0 Å². The van der Waals surface area contributed by atoms with E-state index in [2.05, 4.69) is 5.32 Å². The highest BCUT2D eigenvalue weighted by Crippen LogP contribution is 2.03. The molecule has 0 rings (SSSR count). The summed E-state index contributed by atoms with van der Waals surface area (Å²) in [7, 11) is 1.75.